The Morgan fingerprint density at radius 2 is 0.343 bits per heavy atom. The molecule has 1 aliphatic heterocycles. The molecular weight excluding hydrogens is 1770 g/mol. The normalized spacial score (nSPS) is 14.1. The van der Waals surface area contributed by atoms with Crippen molar-refractivity contribution in [3.63, 3.8) is 0 Å². The Morgan fingerprint density at radius 3 is 0.514 bits per heavy atom. The van der Waals surface area contributed by atoms with E-state index < -0.39 is 61.2 Å². The van der Waals surface area contributed by atoms with Gasteiger partial charge in [0.05, 0.1) is 28.9 Å². The highest BCUT2D eigenvalue weighted by Gasteiger charge is 2.55. The zero-order valence-electron chi connectivity index (χ0n) is 76.4. The molecular formula is C118H100O22. The van der Waals surface area contributed by atoms with E-state index in [4.69, 9.17) is 80.5 Å². The molecule has 0 aromatic heterocycles. The Balaban J connectivity index is 0.842. The van der Waals surface area contributed by atoms with Crippen molar-refractivity contribution in [3.8, 4) is 69.0 Å². The number of aliphatic hydroxyl groups is 1. The van der Waals surface area contributed by atoms with E-state index in [1.165, 1.54) is 48.5 Å². The van der Waals surface area contributed by atoms with Gasteiger partial charge in [0.1, 0.15) is 85.4 Å². The van der Waals surface area contributed by atoms with Crippen molar-refractivity contribution in [2.75, 3.05) is 6.61 Å². The van der Waals surface area contributed by atoms with E-state index in [1.807, 2.05) is 364 Å². The van der Waals surface area contributed by atoms with Gasteiger partial charge >= 0.3 is 23.9 Å². The first-order valence-electron chi connectivity index (χ1n) is 45.8. The highest BCUT2D eigenvalue weighted by molar-refractivity contribution is 5.94. The van der Waals surface area contributed by atoms with Gasteiger partial charge in [0, 0.05) is 0 Å². The van der Waals surface area contributed by atoms with Crippen LogP contribution in [0.25, 0.3) is 0 Å². The first-order valence-corrected chi connectivity index (χ1v) is 45.8. The largest absolute Gasteiger partial charge is 0.485 e. The Bertz CT molecular complexity index is 6410. The fraction of sp³-hybridized carbons (Fsp3) is 0.153. The molecule has 1 aliphatic rings. The van der Waals surface area contributed by atoms with Crippen molar-refractivity contribution < 1.29 is 105 Å². The van der Waals surface area contributed by atoms with Crippen LogP contribution in [0.15, 0.2) is 413 Å². The van der Waals surface area contributed by atoms with Gasteiger partial charge in [-0.25, -0.2) is 19.2 Å². The number of esters is 4. The predicted molar refractivity (Wildman–Crippen MR) is 524 cm³/mol. The van der Waals surface area contributed by atoms with Crippen molar-refractivity contribution >= 4 is 23.9 Å². The predicted octanol–water partition coefficient (Wildman–Crippen LogP) is 23.2. The van der Waals surface area contributed by atoms with Gasteiger partial charge in [0.15, 0.2) is 58.2 Å². The molecule has 22 nitrogen and oxygen atoms in total. The van der Waals surface area contributed by atoms with Crippen LogP contribution in [0.4, 0.5) is 0 Å². The van der Waals surface area contributed by atoms with Crippen LogP contribution in [0.1, 0.15) is 108 Å². The lowest BCUT2D eigenvalue weighted by molar-refractivity contribution is -0.283. The van der Waals surface area contributed by atoms with Gasteiger partial charge in [-0.1, -0.05) is 364 Å². The van der Waals surface area contributed by atoms with E-state index in [2.05, 4.69) is 0 Å². The van der Waals surface area contributed by atoms with Crippen LogP contribution in [-0.4, -0.2) is 66.3 Å². The average Bonchev–Trinajstić information content (AvgIpc) is 0.765. The molecule has 704 valence electrons. The summed E-state index contributed by atoms with van der Waals surface area (Å²) < 4.78 is 115. The third kappa shape index (κ3) is 26.3. The number of ether oxygens (including phenoxy) is 17. The summed E-state index contributed by atoms with van der Waals surface area (Å²) in [6.45, 7) is -1.38. The van der Waals surface area contributed by atoms with Crippen molar-refractivity contribution in [1.29, 1.82) is 0 Å². The van der Waals surface area contributed by atoms with Crippen molar-refractivity contribution in [1.82, 2.24) is 0 Å². The molecule has 0 aliphatic carbocycles. The number of rotatable bonds is 45. The molecule has 1 N–H and O–H groups in total. The van der Waals surface area contributed by atoms with E-state index in [1.54, 1.807) is 0 Å². The first kappa shape index (κ1) is 94.7. The summed E-state index contributed by atoms with van der Waals surface area (Å²) in [7, 11) is 0. The standard InChI is InChI=1S/C118H100O22/c119-69-106-111(137-114(120)94-61-98(124-70-82-37-13-1-14-38-82)107(132-78-90-53-29-9-30-54-90)99(62-94)125-71-83-39-15-2-16-40-83)112(138-115(121)95-63-100(126-72-84-41-17-3-18-42-84)108(133-79-91-55-31-10-32-56-91)101(64-95)127-73-85-43-19-4-20-44-85)113(139-116(122)96-65-102(128-74-86-45-21-5-22-46-86)109(134-80-92-57-33-11-34-58-92)103(66-96)129-75-87-47-23-6-24-48-87)118(136-106)140-117(123)97-67-104(130-76-88-49-25-7-26-50-88)110(135-81-93-59-35-12-36-60-93)105(68-97)131-77-89-51-27-8-28-52-89/h1-68,106,111-113,118-119H,69-81H2/t106-,111-,112+,113-,118-/m1/s1. The number of carbonyl (C=O) groups excluding carboxylic acids is 4. The average molecular weight is 1870 g/mol. The number of hydrogen-bond donors (Lipinski definition) is 1. The molecule has 140 heavy (non-hydrogen) atoms. The van der Waals surface area contributed by atoms with Crippen LogP contribution in [0.3, 0.4) is 0 Å². The molecule has 0 radical (unpaired) electrons. The van der Waals surface area contributed by atoms with E-state index in [-0.39, 0.29) is 171 Å². The Hall–Kier alpha value is -17.1. The Morgan fingerprint density at radius 1 is 0.193 bits per heavy atom. The monoisotopic (exact) mass is 1870 g/mol. The molecule has 17 rings (SSSR count). The molecule has 0 bridgehead atoms. The van der Waals surface area contributed by atoms with Gasteiger partial charge in [0.25, 0.3) is 0 Å². The number of benzene rings is 16. The molecule has 1 heterocycles. The minimum atomic E-state index is -2.28. The smallest absolute Gasteiger partial charge is 0.340 e. The lowest BCUT2D eigenvalue weighted by Gasteiger charge is -2.43. The van der Waals surface area contributed by atoms with E-state index >= 15 is 19.2 Å². The summed E-state index contributed by atoms with van der Waals surface area (Å²) in [6, 6.07) is 124. The molecule has 0 unspecified atom stereocenters. The quantitative estimate of drug-likeness (QED) is 0.0275. The zero-order chi connectivity index (χ0) is 95.7. The van der Waals surface area contributed by atoms with Gasteiger partial charge in [-0.2, -0.15) is 0 Å². The van der Waals surface area contributed by atoms with Crippen LogP contribution in [0.2, 0.25) is 0 Å². The van der Waals surface area contributed by atoms with Gasteiger partial charge in [0.2, 0.25) is 35.4 Å². The number of hydrogen-bond acceptors (Lipinski definition) is 22. The lowest BCUT2D eigenvalue weighted by Crippen LogP contribution is -2.63. The second-order valence-corrected chi connectivity index (χ2v) is 32.7. The third-order valence-corrected chi connectivity index (χ3v) is 22.6. The Labute approximate surface area is 811 Å². The molecule has 5 atom stereocenters. The molecule has 16 aromatic rings. The highest BCUT2D eigenvalue weighted by atomic mass is 16.7. The molecule has 0 amide bonds. The molecule has 1 saturated heterocycles. The van der Waals surface area contributed by atoms with Gasteiger partial charge in [-0.15, -0.1) is 0 Å². The van der Waals surface area contributed by atoms with Crippen LogP contribution >= 0.6 is 0 Å². The zero-order valence-corrected chi connectivity index (χ0v) is 76.4. The second-order valence-electron chi connectivity index (χ2n) is 32.7. The maximum Gasteiger partial charge on any atom is 0.340 e. The molecule has 16 aromatic carbocycles. The highest BCUT2D eigenvalue weighted by Crippen LogP contribution is 2.47. The fourth-order valence-electron chi connectivity index (χ4n) is 15.3. The minimum absolute atomic E-state index is 0.00450. The summed E-state index contributed by atoms with van der Waals surface area (Å²) in [5, 5.41) is 12.3. The first-order chi connectivity index (χ1) is 69.0. The summed E-state index contributed by atoms with van der Waals surface area (Å²) in [4.78, 5) is 66.1. The van der Waals surface area contributed by atoms with Crippen molar-refractivity contribution in [2.45, 2.75) is 110 Å². The Kier molecular flexibility index (Phi) is 32.7. The van der Waals surface area contributed by atoms with Crippen molar-refractivity contribution in [3.05, 3.63) is 502 Å². The topological polar surface area (TPSA) is 245 Å². The minimum Gasteiger partial charge on any atom is -0.485 e. The molecule has 1 fully saturated rings. The van der Waals surface area contributed by atoms with Crippen molar-refractivity contribution in [2.24, 2.45) is 0 Å². The maximum atomic E-state index is 16.7. The van der Waals surface area contributed by atoms with E-state index in [0.717, 1.165) is 66.8 Å². The van der Waals surface area contributed by atoms with E-state index in [0.29, 0.717) is 0 Å². The maximum absolute atomic E-state index is 16.7. The van der Waals surface area contributed by atoms with Crippen LogP contribution in [0.5, 0.6) is 69.0 Å². The van der Waals surface area contributed by atoms with Gasteiger partial charge in [-0.3, -0.25) is 0 Å². The fourth-order valence-corrected chi connectivity index (χ4v) is 15.3. The van der Waals surface area contributed by atoms with Crippen LogP contribution in [0, 0.1) is 0 Å². The van der Waals surface area contributed by atoms with Gasteiger partial charge in [-0.05, 0) is 115 Å². The van der Waals surface area contributed by atoms with Crippen LogP contribution < -0.4 is 56.8 Å². The molecule has 22 heteroatoms. The third-order valence-electron chi connectivity index (χ3n) is 22.6. The summed E-state index contributed by atoms with van der Waals surface area (Å²) >= 11 is 0. The summed E-state index contributed by atoms with van der Waals surface area (Å²) in [5.41, 5.74) is 8.13. The SMILES string of the molecule is O=C(O[C@H]1O[C@H](CO)[C@@H](OC(=O)c2cc(OCc3ccccc3)c(OCc3ccccc3)c(OCc3ccccc3)c2)[C@H](OC(=O)c2cc(OCc3ccccc3)c(OCc3ccccc3)c(OCc3ccccc3)c2)[C@H]1OC(=O)c1cc(OCc2ccccc2)c(OCc2ccccc2)c(OCc2ccccc2)c1)c1cc(OCc2ccccc2)c(OCc2ccccc2)c(OCc2ccccc2)c1. The summed E-state index contributed by atoms with van der Waals surface area (Å²) in [5.74, 6) is -4.20. The summed E-state index contributed by atoms with van der Waals surface area (Å²) in [6.07, 6.45) is -10.8. The molecule has 0 spiro atoms. The van der Waals surface area contributed by atoms with Gasteiger partial charge < -0.3 is 85.6 Å². The van der Waals surface area contributed by atoms with Crippen LogP contribution in [-0.2, 0) is 103 Å². The van der Waals surface area contributed by atoms with E-state index in [9.17, 15) is 5.11 Å². The lowest BCUT2D eigenvalue weighted by atomic mass is 9.97. The number of aliphatic hydroxyl groups excluding tert-OH is 1. The second kappa shape index (κ2) is 48.4. The molecule has 0 saturated carbocycles. The number of carbonyl (C=O) groups is 4.